The fraction of sp³-hybridized carbons (Fsp3) is 0.579. The molecule has 1 heterocycles. The Morgan fingerprint density at radius 3 is 2.37 bits per heavy atom. The van der Waals surface area contributed by atoms with Crippen LogP contribution in [0.2, 0.25) is 19.6 Å². The molecule has 1 saturated heterocycles. The lowest BCUT2D eigenvalue weighted by molar-refractivity contribution is -0.314. The van der Waals surface area contributed by atoms with Crippen molar-refractivity contribution in [3.05, 3.63) is 35.9 Å². The molecular formula is C19H27NO6Si. The van der Waals surface area contributed by atoms with Crippen molar-refractivity contribution in [2.24, 2.45) is 5.92 Å². The van der Waals surface area contributed by atoms with E-state index in [1.165, 1.54) is 0 Å². The van der Waals surface area contributed by atoms with Crippen molar-refractivity contribution in [2.45, 2.75) is 63.4 Å². The zero-order chi connectivity index (χ0) is 20.0. The summed E-state index contributed by atoms with van der Waals surface area (Å²) in [6.07, 6.45) is -3.80. The third kappa shape index (κ3) is 3.48. The third-order valence-corrected chi connectivity index (χ3v) is 6.18. The molecule has 0 bridgehead atoms. The predicted octanol–water partition coefficient (Wildman–Crippen LogP) is 1.25. The van der Waals surface area contributed by atoms with Gasteiger partial charge >= 0.3 is 0 Å². The second-order valence-corrected chi connectivity index (χ2v) is 12.8. The minimum atomic E-state index is -2.12. The maximum Gasteiger partial charge on any atom is 0.249 e. The van der Waals surface area contributed by atoms with Gasteiger partial charge in [-0.05, 0) is 25.2 Å². The first-order chi connectivity index (χ1) is 12.6. The molecule has 0 unspecified atom stereocenters. The van der Waals surface area contributed by atoms with Crippen LogP contribution in [-0.2, 0) is 25.5 Å². The SMILES string of the molecule is C[C@@H]1C(=O)[C@@H](O)[C@@H](O)[C@]2(CC(=O)N2OCc2ccccc2)[C@@H]1O[Si](C)(C)C. The Kier molecular flexibility index (Phi) is 5.30. The van der Waals surface area contributed by atoms with E-state index in [9.17, 15) is 19.8 Å². The summed E-state index contributed by atoms with van der Waals surface area (Å²) in [5, 5.41) is 22.2. The normalized spacial score (nSPS) is 34.1. The summed E-state index contributed by atoms with van der Waals surface area (Å²) in [5.41, 5.74) is -0.399. The maximum absolute atomic E-state index is 12.4. The first-order valence-corrected chi connectivity index (χ1v) is 12.6. The molecule has 2 N–H and O–H groups in total. The largest absolute Gasteiger partial charge is 0.411 e. The molecule has 1 saturated carbocycles. The molecule has 2 fully saturated rings. The molecule has 1 amide bonds. The fourth-order valence-electron chi connectivity index (χ4n) is 3.91. The van der Waals surface area contributed by atoms with Crippen LogP contribution in [0.15, 0.2) is 30.3 Å². The first kappa shape index (κ1) is 20.2. The molecule has 2 aliphatic rings. The highest BCUT2D eigenvalue weighted by molar-refractivity contribution is 6.69. The Labute approximate surface area is 160 Å². The predicted molar refractivity (Wildman–Crippen MR) is 99.8 cm³/mol. The number of hydrogen-bond acceptors (Lipinski definition) is 6. The lowest BCUT2D eigenvalue weighted by Crippen LogP contribution is -2.81. The maximum atomic E-state index is 12.4. The van der Waals surface area contributed by atoms with E-state index in [0.29, 0.717) is 0 Å². The second-order valence-electron chi connectivity index (χ2n) is 8.35. The van der Waals surface area contributed by atoms with E-state index in [1.54, 1.807) is 6.92 Å². The number of β-lactam (4-membered cyclic amide) rings is 1. The number of aliphatic hydroxyl groups excluding tert-OH is 2. The topological polar surface area (TPSA) is 96.3 Å². The van der Waals surface area contributed by atoms with Crippen LogP contribution in [0, 0.1) is 5.92 Å². The number of nitrogens with zero attached hydrogens (tertiary/aromatic N) is 1. The van der Waals surface area contributed by atoms with Crippen molar-refractivity contribution < 1.29 is 29.1 Å². The standard InChI is InChI=1S/C19H27NO6Si/c1-12-15(22)16(23)17(24)19(18(12)26-27(2,3)4)10-14(21)20(19)25-11-13-8-6-5-7-9-13/h5-9,12,16-18,23-24H,10-11H2,1-4H3/t12-,16-,17-,18-,19-/m1/s1. The third-order valence-electron chi connectivity index (χ3n) is 5.22. The molecule has 1 spiro atoms. The molecule has 0 aromatic heterocycles. The molecule has 5 atom stereocenters. The van der Waals surface area contributed by atoms with Crippen molar-refractivity contribution in [3.63, 3.8) is 0 Å². The van der Waals surface area contributed by atoms with Gasteiger partial charge in [0.2, 0.25) is 5.91 Å². The number of carbonyl (C=O) groups is 2. The van der Waals surface area contributed by atoms with Crippen LogP contribution < -0.4 is 0 Å². The van der Waals surface area contributed by atoms with E-state index in [2.05, 4.69) is 0 Å². The van der Waals surface area contributed by atoms with Crippen molar-refractivity contribution >= 4 is 20.0 Å². The number of rotatable bonds is 5. The summed E-state index contributed by atoms with van der Waals surface area (Å²) < 4.78 is 6.24. The van der Waals surface area contributed by atoms with Crippen LogP contribution in [0.1, 0.15) is 18.9 Å². The number of amides is 1. The van der Waals surface area contributed by atoms with Crippen LogP contribution in [0.3, 0.4) is 0 Å². The van der Waals surface area contributed by atoms with Gasteiger partial charge in [-0.1, -0.05) is 37.3 Å². The van der Waals surface area contributed by atoms with Crippen LogP contribution in [0.4, 0.5) is 0 Å². The lowest BCUT2D eigenvalue weighted by Gasteiger charge is -2.60. The molecule has 3 rings (SSSR count). The summed E-state index contributed by atoms with van der Waals surface area (Å²) in [6, 6.07) is 9.34. The highest BCUT2D eigenvalue weighted by atomic mass is 28.4. The van der Waals surface area contributed by atoms with E-state index < -0.39 is 43.9 Å². The van der Waals surface area contributed by atoms with E-state index >= 15 is 0 Å². The number of benzene rings is 1. The van der Waals surface area contributed by atoms with Gasteiger partial charge in [0, 0.05) is 5.92 Å². The fourth-order valence-corrected chi connectivity index (χ4v) is 5.08. The summed E-state index contributed by atoms with van der Waals surface area (Å²) >= 11 is 0. The van der Waals surface area contributed by atoms with Gasteiger partial charge in [-0.2, -0.15) is 0 Å². The first-order valence-electron chi connectivity index (χ1n) is 9.15. The molecule has 1 aromatic rings. The number of Topliss-reactive ketones (excluding diaryl/α,β-unsaturated/α-hetero) is 1. The molecule has 1 aromatic carbocycles. The van der Waals surface area contributed by atoms with E-state index in [-0.39, 0.29) is 18.9 Å². The Hall–Kier alpha value is -1.58. The number of carbonyl (C=O) groups excluding carboxylic acids is 2. The van der Waals surface area contributed by atoms with E-state index in [1.807, 2.05) is 50.0 Å². The Bertz CT molecular complexity index is 721. The van der Waals surface area contributed by atoms with Gasteiger partial charge in [-0.3, -0.25) is 14.4 Å². The molecule has 148 valence electrons. The summed E-state index contributed by atoms with van der Waals surface area (Å²) in [7, 11) is -2.12. The summed E-state index contributed by atoms with van der Waals surface area (Å²) in [4.78, 5) is 30.5. The van der Waals surface area contributed by atoms with Gasteiger partial charge in [-0.25, -0.2) is 5.06 Å². The summed E-state index contributed by atoms with van der Waals surface area (Å²) in [5.74, 6) is -1.44. The van der Waals surface area contributed by atoms with Gasteiger partial charge in [0.1, 0.15) is 24.4 Å². The van der Waals surface area contributed by atoms with Crippen LogP contribution in [0.5, 0.6) is 0 Å². The van der Waals surface area contributed by atoms with Crippen LogP contribution >= 0.6 is 0 Å². The Balaban J connectivity index is 1.91. The van der Waals surface area contributed by atoms with Crippen molar-refractivity contribution in [1.29, 1.82) is 0 Å². The van der Waals surface area contributed by atoms with Crippen molar-refractivity contribution in [3.8, 4) is 0 Å². The molecule has 1 aliphatic carbocycles. The lowest BCUT2D eigenvalue weighted by atomic mass is 9.64. The quantitative estimate of drug-likeness (QED) is 0.577. The van der Waals surface area contributed by atoms with Gasteiger partial charge in [0.25, 0.3) is 0 Å². The molecular weight excluding hydrogens is 366 g/mol. The highest BCUT2D eigenvalue weighted by Gasteiger charge is 2.69. The Morgan fingerprint density at radius 1 is 1.19 bits per heavy atom. The minimum Gasteiger partial charge on any atom is -0.411 e. The van der Waals surface area contributed by atoms with Gasteiger partial charge in [0.15, 0.2) is 14.1 Å². The average Bonchev–Trinajstić information content (AvgIpc) is 2.61. The van der Waals surface area contributed by atoms with Crippen molar-refractivity contribution in [2.75, 3.05) is 0 Å². The minimum absolute atomic E-state index is 0.0349. The number of hydroxylamine groups is 2. The van der Waals surface area contributed by atoms with Gasteiger partial charge < -0.3 is 14.6 Å². The number of ketones is 1. The summed E-state index contributed by atoms with van der Waals surface area (Å²) in [6.45, 7) is 7.74. The van der Waals surface area contributed by atoms with Crippen LogP contribution in [-0.4, -0.2) is 59.1 Å². The van der Waals surface area contributed by atoms with E-state index in [4.69, 9.17) is 9.26 Å². The molecule has 0 radical (unpaired) electrons. The van der Waals surface area contributed by atoms with Crippen LogP contribution in [0.25, 0.3) is 0 Å². The van der Waals surface area contributed by atoms with E-state index in [0.717, 1.165) is 10.6 Å². The molecule has 7 nitrogen and oxygen atoms in total. The Morgan fingerprint density at radius 2 is 1.81 bits per heavy atom. The zero-order valence-electron chi connectivity index (χ0n) is 16.1. The highest BCUT2D eigenvalue weighted by Crippen LogP contribution is 2.48. The smallest absolute Gasteiger partial charge is 0.249 e. The molecule has 1 aliphatic heterocycles. The second kappa shape index (κ2) is 7.10. The number of hydrogen-bond donors (Lipinski definition) is 2. The monoisotopic (exact) mass is 393 g/mol. The number of aliphatic hydroxyl groups is 2. The van der Waals surface area contributed by atoms with Crippen molar-refractivity contribution in [1.82, 2.24) is 5.06 Å². The van der Waals surface area contributed by atoms with Gasteiger partial charge in [0.05, 0.1) is 12.5 Å². The molecule has 8 heteroatoms. The average molecular weight is 394 g/mol. The van der Waals surface area contributed by atoms with Gasteiger partial charge in [-0.15, -0.1) is 0 Å². The molecule has 27 heavy (non-hydrogen) atoms. The zero-order valence-corrected chi connectivity index (χ0v) is 17.1.